The Morgan fingerprint density at radius 2 is 1.88 bits per heavy atom. The van der Waals surface area contributed by atoms with Gasteiger partial charge in [0, 0.05) is 24.8 Å². The van der Waals surface area contributed by atoms with Crippen LogP contribution in [0, 0.1) is 5.82 Å². The van der Waals surface area contributed by atoms with Gasteiger partial charge in [0.2, 0.25) is 0 Å². The summed E-state index contributed by atoms with van der Waals surface area (Å²) in [4.78, 5) is 12.3. The Morgan fingerprint density at radius 1 is 1.35 bits per heavy atom. The van der Waals surface area contributed by atoms with Crippen LogP contribution in [0.5, 0.6) is 0 Å². The number of hydrogen-bond donors (Lipinski definition) is 0. The molecule has 0 atom stereocenters. The number of rotatable bonds is 2. The highest BCUT2D eigenvalue weighted by atomic mass is 35.7. The standard InChI is InChI=1S/C9H8Cl2FNO3S/c1-13(2)9(14)6-3-5(17(11,15)16)4-7(12)8(6)10/h3-4H,1-2H3. The lowest BCUT2D eigenvalue weighted by atomic mass is 10.2. The lowest BCUT2D eigenvalue weighted by molar-refractivity contribution is 0.0827. The maximum Gasteiger partial charge on any atom is 0.261 e. The molecule has 0 heterocycles. The van der Waals surface area contributed by atoms with Crippen LogP contribution in [-0.4, -0.2) is 33.3 Å². The van der Waals surface area contributed by atoms with Gasteiger partial charge in [-0.05, 0) is 12.1 Å². The van der Waals surface area contributed by atoms with E-state index < -0.39 is 30.7 Å². The van der Waals surface area contributed by atoms with Gasteiger partial charge in [-0.15, -0.1) is 0 Å². The van der Waals surface area contributed by atoms with Crippen LogP contribution in [0.4, 0.5) is 4.39 Å². The summed E-state index contributed by atoms with van der Waals surface area (Å²) in [6.07, 6.45) is 0. The van der Waals surface area contributed by atoms with Gasteiger partial charge in [0.05, 0.1) is 15.5 Å². The molecular formula is C9H8Cl2FNO3S. The molecule has 17 heavy (non-hydrogen) atoms. The summed E-state index contributed by atoms with van der Waals surface area (Å²) in [5.74, 6) is -1.63. The fourth-order valence-corrected chi connectivity index (χ4v) is 2.06. The Morgan fingerprint density at radius 3 is 2.29 bits per heavy atom. The summed E-state index contributed by atoms with van der Waals surface area (Å²) in [5, 5.41) is -0.437. The molecule has 0 fully saturated rings. The van der Waals surface area contributed by atoms with Gasteiger partial charge in [0.25, 0.3) is 15.0 Å². The Hall–Kier alpha value is -0.850. The zero-order valence-corrected chi connectivity index (χ0v) is 11.2. The number of nitrogens with zero attached hydrogens (tertiary/aromatic N) is 1. The second-order valence-electron chi connectivity index (χ2n) is 3.40. The zero-order valence-electron chi connectivity index (χ0n) is 8.87. The number of benzene rings is 1. The van der Waals surface area contributed by atoms with E-state index in [2.05, 4.69) is 0 Å². The molecular weight excluding hydrogens is 292 g/mol. The molecule has 94 valence electrons. The molecule has 1 aromatic carbocycles. The van der Waals surface area contributed by atoms with Crippen LogP contribution >= 0.6 is 22.3 Å². The normalized spacial score (nSPS) is 11.4. The lowest BCUT2D eigenvalue weighted by Gasteiger charge is -2.12. The molecule has 8 heteroatoms. The average molecular weight is 300 g/mol. The third-order valence-electron chi connectivity index (χ3n) is 1.92. The van der Waals surface area contributed by atoms with Crippen LogP contribution < -0.4 is 0 Å². The first-order valence-electron chi connectivity index (χ1n) is 4.30. The summed E-state index contributed by atoms with van der Waals surface area (Å²) in [5.41, 5.74) is -0.254. The van der Waals surface area contributed by atoms with Gasteiger partial charge >= 0.3 is 0 Å². The van der Waals surface area contributed by atoms with Crippen LogP contribution in [0.1, 0.15) is 10.4 Å². The second kappa shape index (κ2) is 4.80. The quantitative estimate of drug-likeness (QED) is 0.786. The molecule has 0 aliphatic rings. The van der Waals surface area contributed by atoms with E-state index in [-0.39, 0.29) is 5.56 Å². The summed E-state index contributed by atoms with van der Waals surface area (Å²) in [6, 6.07) is 1.60. The zero-order chi connectivity index (χ0) is 13.4. The van der Waals surface area contributed by atoms with E-state index in [1.165, 1.54) is 14.1 Å². The highest BCUT2D eigenvalue weighted by Gasteiger charge is 2.21. The highest BCUT2D eigenvalue weighted by molar-refractivity contribution is 8.13. The van der Waals surface area contributed by atoms with Crippen molar-refractivity contribution in [1.82, 2.24) is 4.90 Å². The van der Waals surface area contributed by atoms with Crippen molar-refractivity contribution in [3.63, 3.8) is 0 Å². The van der Waals surface area contributed by atoms with Crippen molar-refractivity contribution in [2.45, 2.75) is 4.90 Å². The molecule has 0 saturated heterocycles. The largest absolute Gasteiger partial charge is 0.345 e. The molecule has 1 rings (SSSR count). The van der Waals surface area contributed by atoms with Crippen molar-refractivity contribution in [2.75, 3.05) is 14.1 Å². The molecule has 0 bridgehead atoms. The molecule has 0 N–H and O–H groups in total. The minimum Gasteiger partial charge on any atom is -0.345 e. The summed E-state index contributed by atoms with van der Waals surface area (Å²) < 4.78 is 35.5. The molecule has 0 aromatic heterocycles. The van der Waals surface area contributed by atoms with Crippen molar-refractivity contribution in [2.24, 2.45) is 0 Å². The second-order valence-corrected chi connectivity index (χ2v) is 6.35. The highest BCUT2D eigenvalue weighted by Crippen LogP contribution is 2.26. The van der Waals surface area contributed by atoms with E-state index in [9.17, 15) is 17.6 Å². The summed E-state index contributed by atoms with van der Waals surface area (Å²) in [6.45, 7) is 0. The fourth-order valence-electron chi connectivity index (χ4n) is 1.10. The van der Waals surface area contributed by atoms with E-state index in [0.717, 1.165) is 11.0 Å². The third kappa shape index (κ3) is 3.08. The van der Waals surface area contributed by atoms with Crippen LogP contribution in [0.15, 0.2) is 17.0 Å². The number of halogens is 3. The van der Waals surface area contributed by atoms with Gasteiger partial charge in [-0.3, -0.25) is 4.79 Å². The molecule has 0 saturated carbocycles. The van der Waals surface area contributed by atoms with Crippen molar-refractivity contribution >= 4 is 37.2 Å². The van der Waals surface area contributed by atoms with Crippen LogP contribution in [0.3, 0.4) is 0 Å². The van der Waals surface area contributed by atoms with Gasteiger partial charge in [-0.1, -0.05) is 11.6 Å². The van der Waals surface area contributed by atoms with Crippen molar-refractivity contribution < 1.29 is 17.6 Å². The number of amides is 1. The fraction of sp³-hybridized carbons (Fsp3) is 0.222. The Kier molecular flexibility index (Phi) is 4.01. The minimum absolute atomic E-state index is 0.254. The SMILES string of the molecule is CN(C)C(=O)c1cc(S(=O)(=O)Cl)cc(F)c1Cl. The summed E-state index contributed by atoms with van der Waals surface area (Å²) in [7, 11) is 3.81. The maximum atomic E-state index is 13.4. The Balaban J connectivity index is 3.51. The lowest BCUT2D eigenvalue weighted by Crippen LogP contribution is -2.22. The smallest absolute Gasteiger partial charge is 0.261 e. The number of carbonyl (C=O) groups is 1. The predicted molar refractivity (Wildman–Crippen MR) is 62.5 cm³/mol. The van der Waals surface area contributed by atoms with Gasteiger partial charge < -0.3 is 4.90 Å². The summed E-state index contributed by atoms with van der Waals surface area (Å²) >= 11 is 5.59. The molecule has 0 radical (unpaired) electrons. The first kappa shape index (κ1) is 14.2. The third-order valence-corrected chi connectivity index (χ3v) is 3.64. The van der Waals surface area contributed by atoms with Crippen LogP contribution in [-0.2, 0) is 9.05 Å². The average Bonchev–Trinajstić information content (AvgIpc) is 2.19. The van der Waals surface area contributed by atoms with E-state index in [1.54, 1.807) is 0 Å². The number of carbonyl (C=O) groups excluding carboxylic acids is 1. The first-order valence-corrected chi connectivity index (χ1v) is 6.98. The number of hydrogen-bond acceptors (Lipinski definition) is 3. The molecule has 0 aliphatic heterocycles. The van der Waals surface area contributed by atoms with Crippen LogP contribution in [0.2, 0.25) is 5.02 Å². The first-order chi connectivity index (χ1) is 7.64. The van der Waals surface area contributed by atoms with Crippen molar-refractivity contribution in [3.05, 3.63) is 28.5 Å². The van der Waals surface area contributed by atoms with E-state index in [4.69, 9.17) is 22.3 Å². The van der Waals surface area contributed by atoms with Crippen molar-refractivity contribution in [1.29, 1.82) is 0 Å². The maximum absolute atomic E-state index is 13.4. The predicted octanol–water partition coefficient (Wildman–Crippen LogP) is 2.11. The molecule has 4 nitrogen and oxygen atoms in total. The monoisotopic (exact) mass is 299 g/mol. The van der Waals surface area contributed by atoms with Gasteiger partial charge in [0.15, 0.2) is 0 Å². The van der Waals surface area contributed by atoms with E-state index in [0.29, 0.717) is 6.07 Å². The van der Waals surface area contributed by atoms with E-state index >= 15 is 0 Å². The van der Waals surface area contributed by atoms with Crippen LogP contribution in [0.25, 0.3) is 0 Å². The molecule has 1 amide bonds. The van der Waals surface area contributed by atoms with Gasteiger partial charge in [-0.2, -0.15) is 0 Å². The minimum atomic E-state index is -4.12. The van der Waals surface area contributed by atoms with Crippen molar-refractivity contribution in [3.8, 4) is 0 Å². The van der Waals surface area contributed by atoms with Gasteiger partial charge in [-0.25, -0.2) is 12.8 Å². The molecule has 1 aromatic rings. The molecule has 0 unspecified atom stereocenters. The Labute approximate surface area is 107 Å². The Bertz CT molecular complexity index is 572. The van der Waals surface area contributed by atoms with E-state index in [1.807, 2.05) is 0 Å². The topological polar surface area (TPSA) is 54.5 Å². The molecule has 0 spiro atoms. The molecule has 0 aliphatic carbocycles. The van der Waals surface area contributed by atoms with Gasteiger partial charge in [0.1, 0.15) is 5.82 Å².